The molecule has 0 N–H and O–H groups in total. The van der Waals surface area contributed by atoms with Crippen LogP contribution in [0.5, 0.6) is 0 Å². The zero-order valence-electron chi connectivity index (χ0n) is 13.6. The van der Waals surface area contributed by atoms with E-state index in [0.29, 0.717) is 5.54 Å². The maximum atomic E-state index is 2.73. The molecule has 0 aliphatic carbocycles. The first kappa shape index (κ1) is 15.6. The molecule has 1 aromatic carbocycles. The molecule has 1 aliphatic heterocycles. The monoisotopic (exact) mass is 273 g/mol. The summed E-state index contributed by atoms with van der Waals surface area (Å²) in [6, 6.07) is 11.0. The molecule has 20 heavy (non-hydrogen) atoms. The molecule has 0 bridgehead atoms. The Balaban J connectivity index is 1.94. The number of hydrogen-bond acceptors (Lipinski definition) is 1. The molecule has 0 amide bonds. The lowest BCUT2D eigenvalue weighted by Crippen LogP contribution is -2.40. The van der Waals surface area contributed by atoms with Gasteiger partial charge in [-0.05, 0) is 50.6 Å². The third-order valence-corrected chi connectivity index (χ3v) is 5.37. The lowest BCUT2D eigenvalue weighted by atomic mass is 9.86. The highest BCUT2D eigenvalue weighted by molar-refractivity contribution is 5.15. The molecule has 1 saturated heterocycles. The molecule has 1 atom stereocenters. The third kappa shape index (κ3) is 3.85. The molecule has 1 fully saturated rings. The van der Waals surface area contributed by atoms with E-state index in [9.17, 15) is 0 Å². The summed E-state index contributed by atoms with van der Waals surface area (Å²) >= 11 is 0. The maximum absolute atomic E-state index is 2.73. The van der Waals surface area contributed by atoms with Crippen molar-refractivity contribution in [3.63, 3.8) is 0 Å². The highest BCUT2D eigenvalue weighted by atomic mass is 15.2. The molecule has 1 unspecified atom stereocenters. The van der Waals surface area contributed by atoms with Crippen LogP contribution in [0.4, 0.5) is 0 Å². The van der Waals surface area contributed by atoms with E-state index in [2.05, 4.69) is 56.0 Å². The molecule has 0 aromatic heterocycles. The van der Waals surface area contributed by atoms with Crippen molar-refractivity contribution in [2.75, 3.05) is 6.54 Å². The van der Waals surface area contributed by atoms with E-state index in [0.717, 1.165) is 12.5 Å². The second-order valence-corrected chi connectivity index (χ2v) is 6.73. The van der Waals surface area contributed by atoms with E-state index in [-0.39, 0.29) is 0 Å². The van der Waals surface area contributed by atoms with Gasteiger partial charge in [-0.25, -0.2) is 0 Å². The van der Waals surface area contributed by atoms with Crippen molar-refractivity contribution < 1.29 is 0 Å². The van der Waals surface area contributed by atoms with Crippen molar-refractivity contribution in [3.05, 3.63) is 35.9 Å². The van der Waals surface area contributed by atoms with Gasteiger partial charge in [-0.3, -0.25) is 4.90 Å². The minimum atomic E-state index is 0.429. The van der Waals surface area contributed by atoms with Crippen molar-refractivity contribution in [2.45, 2.75) is 71.4 Å². The predicted octanol–water partition coefficient (Wildman–Crippen LogP) is 5.26. The summed E-state index contributed by atoms with van der Waals surface area (Å²) in [4.78, 5) is 2.73. The number of nitrogens with zero attached hydrogens (tertiary/aromatic N) is 1. The molecule has 0 spiro atoms. The summed E-state index contributed by atoms with van der Waals surface area (Å²) in [6.07, 6.45) is 8.18. The minimum absolute atomic E-state index is 0.429. The normalized spacial score (nSPS) is 23.6. The van der Waals surface area contributed by atoms with Crippen LogP contribution in [0.15, 0.2) is 30.3 Å². The fourth-order valence-corrected chi connectivity index (χ4v) is 3.65. The summed E-state index contributed by atoms with van der Waals surface area (Å²) in [5, 5.41) is 0. The molecule has 1 aromatic rings. The van der Waals surface area contributed by atoms with Crippen molar-refractivity contribution in [3.8, 4) is 0 Å². The van der Waals surface area contributed by atoms with Gasteiger partial charge in [0.25, 0.3) is 0 Å². The van der Waals surface area contributed by atoms with E-state index in [1.807, 2.05) is 0 Å². The lowest BCUT2D eigenvalue weighted by Gasteiger charge is -2.36. The average molecular weight is 273 g/mol. The van der Waals surface area contributed by atoms with Gasteiger partial charge in [0.05, 0.1) is 0 Å². The van der Waals surface area contributed by atoms with Crippen LogP contribution >= 0.6 is 0 Å². The van der Waals surface area contributed by atoms with E-state index >= 15 is 0 Å². The van der Waals surface area contributed by atoms with Crippen molar-refractivity contribution >= 4 is 0 Å². The van der Waals surface area contributed by atoms with Gasteiger partial charge in [-0.2, -0.15) is 0 Å². The maximum Gasteiger partial charge on any atom is 0.0239 e. The SMILES string of the molecule is CCC(CC)CCC1(C)CCCN1Cc1ccccc1. The first-order chi connectivity index (χ1) is 9.68. The summed E-state index contributed by atoms with van der Waals surface area (Å²) in [5.74, 6) is 0.922. The fourth-order valence-electron chi connectivity index (χ4n) is 3.65. The Kier molecular flexibility index (Phi) is 5.65. The Morgan fingerprint density at radius 3 is 2.50 bits per heavy atom. The van der Waals surface area contributed by atoms with Crippen LogP contribution in [0.3, 0.4) is 0 Å². The summed E-state index contributed by atoms with van der Waals surface area (Å²) in [5.41, 5.74) is 1.89. The van der Waals surface area contributed by atoms with Gasteiger partial charge in [-0.15, -0.1) is 0 Å². The van der Waals surface area contributed by atoms with E-state index in [1.165, 1.54) is 50.6 Å². The summed E-state index contributed by atoms with van der Waals surface area (Å²) in [7, 11) is 0. The zero-order chi connectivity index (χ0) is 14.4. The molecule has 0 saturated carbocycles. The molecule has 2 rings (SSSR count). The van der Waals surface area contributed by atoms with Gasteiger partial charge < -0.3 is 0 Å². The highest BCUT2D eigenvalue weighted by Crippen LogP contribution is 2.36. The molecule has 0 radical (unpaired) electrons. The molecule has 1 aliphatic rings. The van der Waals surface area contributed by atoms with Gasteiger partial charge >= 0.3 is 0 Å². The number of rotatable bonds is 7. The first-order valence-electron chi connectivity index (χ1n) is 8.47. The number of benzene rings is 1. The molecular weight excluding hydrogens is 242 g/mol. The number of likely N-dealkylation sites (tertiary alicyclic amines) is 1. The highest BCUT2D eigenvalue weighted by Gasteiger charge is 2.36. The summed E-state index contributed by atoms with van der Waals surface area (Å²) < 4.78 is 0. The Hall–Kier alpha value is -0.820. The first-order valence-corrected chi connectivity index (χ1v) is 8.47. The van der Waals surface area contributed by atoms with Gasteiger partial charge in [0.15, 0.2) is 0 Å². The fraction of sp³-hybridized carbons (Fsp3) is 0.684. The van der Waals surface area contributed by atoms with Crippen LogP contribution in [0.1, 0.15) is 64.9 Å². The lowest BCUT2D eigenvalue weighted by molar-refractivity contribution is 0.127. The Labute approximate surface area is 125 Å². The van der Waals surface area contributed by atoms with Crippen molar-refractivity contribution in [2.24, 2.45) is 5.92 Å². The van der Waals surface area contributed by atoms with Gasteiger partial charge in [0.1, 0.15) is 0 Å². The second kappa shape index (κ2) is 7.26. The smallest absolute Gasteiger partial charge is 0.0239 e. The van der Waals surface area contributed by atoms with Crippen LogP contribution < -0.4 is 0 Å². The molecular formula is C19H31N. The second-order valence-electron chi connectivity index (χ2n) is 6.73. The Bertz CT molecular complexity index is 382. The predicted molar refractivity (Wildman–Crippen MR) is 87.8 cm³/mol. The standard InChI is InChI=1S/C19H31N/c1-4-17(5-2)12-14-19(3)13-9-15-20(19)16-18-10-7-6-8-11-18/h6-8,10-11,17H,4-5,9,12-16H2,1-3H3. The van der Waals surface area contributed by atoms with Gasteiger partial charge in [-0.1, -0.05) is 57.0 Å². The van der Waals surface area contributed by atoms with E-state index in [1.54, 1.807) is 0 Å². The Morgan fingerprint density at radius 1 is 1.15 bits per heavy atom. The molecule has 1 heterocycles. The average Bonchev–Trinajstić information content (AvgIpc) is 2.83. The van der Waals surface area contributed by atoms with Crippen LogP contribution in [-0.4, -0.2) is 17.0 Å². The van der Waals surface area contributed by atoms with Crippen LogP contribution in [0.25, 0.3) is 0 Å². The summed E-state index contributed by atoms with van der Waals surface area (Å²) in [6.45, 7) is 9.57. The minimum Gasteiger partial charge on any atom is -0.294 e. The molecule has 1 heteroatoms. The van der Waals surface area contributed by atoms with Crippen molar-refractivity contribution in [1.29, 1.82) is 0 Å². The largest absolute Gasteiger partial charge is 0.294 e. The van der Waals surface area contributed by atoms with E-state index < -0.39 is 0 Å². The van der Waals surface area contributed by atoms with Crippen LogP contribution in [-0.2, 0) is 6.54 Å². The quantitative estimate of drug-likeness (QED) is 0.655. The topological polar surface area (TPSA) is 3.24 Å². The van der Waals surface area contributed by atoms with Gasteiger partial charge in [0, 0.05) is 12.1 Å². The van der Waals surface area contributed by atoms with E-state index in [4.69, 9.17) is 0 Å². The van der Waals surface area contributed by atoms with Crippen LogP contribution in [0.2, 0.25) is 0 Å². The zero-order valence-corrected chi connectivity index (χ0v) is 13.6. The van der Waals surface area contributed by atoms with Crippen molar-refractivity contribution in [1.82, 2.24) is 4.90 Å². The number of hydrogen-bond donors (Lipinski definition) is 0. The van der Waals surface area contributed by atoms with Gasteiger partial charge in [0.2, 0.25) is 0 Å². The molecule has 1 nitrogen and oxygen atoms in total. The third-order valence-electron chi connectivity index (χ3n) is 5.37. The Morgan fingerprint density at radius 2 is 1.85 bits per heavy atom. The molecule has 112 valence electrons. The van der Waals surface area contributed by atoms with Crippen LogP contribution in [0, 0.1) is 5.92 Å².